The lowest BCUT2D eigenvalue weighted by Crippen LogP contribution is -2.49. The summed E-state index contributed by atoms with van der Waals surface area (Å²) in [5, 5.41) is 11.9. The lowest BCUT2D eigenvalue weighted by Gasteiger charge is -2.36. The van der Waals surface area contributed by atoms with Crippen molar-refractivity contribution in [3.8, 4) is 0 Å². The number of nitrogens with one attached hydrogen (secondary N) is 1. The molecule has 1 fully saturated rings. The summed E-state index contributed by atoms with van der Waals surface area (Å²) in [5.74, 6) is -0.268. The van der Waals surface area contributed by atoms with Crippen molar-refractivity contribution >= 4 is 29.1 Å². The van der Waals surface area contributed by atoms with Crippen LogP contribution in [0.25, 0.3) is 0 Å². The zero-order chi connectivity index (χ0) is 21.0. The Balaban J connectivity index is 1.55. The number of nitrogens with zero attached hydrogens (tertiary/aromatic N) is 3. The summed E-state index contributed by atoms with van der Waals surface area (Å²) in [6.45, 7) is 6.84. The van der Waals surface area contributed by atoms with Crippen LogP contribution in [0.2, 0.25) is 0 Å². The van der Waals surface area contributed by atoms with Crippen molar-refractivity contribution in [1.29, 1.82) is 0 Å². The molecule has 29 heavy (non-hydrogen) atoms. The lowest BCUT2D eigenvalue weighted by molar-refractivity contribution is -0.137. The zero-order valence-corrected chi connectivity index (χ0v) is 16.9. The van der Waals surface area contributed by atoms with Crippen LogP contribution >= 0.6 is 0 Å². The fourth-order valence-electron chi connectivity index (χ4n) is 3.51. The normalized spacial score (nSPS) is 17.2. The summed E-state index contributed by atoms with van der Waals surface area (Å²) in [6.07, 6.45) is 1.84. The standard InChI is InChI=1S/C21H28N4O4/c1-15(2)13-19(27)24-9-7-23(8-10-24)17-5-3-16(4-6-17)22-18-14-20(28)25(11-12-26)21(18)29/h3-6,14-15,22,26H,7-13H2,1-2H3. The first kappa shape index (κ1) is 20.9. The van der Waals surface area contributed by atoms with Crippen LogP contribution in [0.15, 0.2) is 36.0 Å². The summed E-state index contributed by atoms with van der Waals surface area (Å²) in [6, 6.07) is 7.64. The maximum absolute atomic E-state index is 12.2. The molecule has 3 rings (SSSR count). The van der Waals surface area contributed by atoms with E-state index >= 15 is 0 Å². The molecule has 0 aliphatic carbocycles. The number of rotatable bonds is 7. The van der Waals surface area contributed by atoms with E-state index in [2.05, 4.69) is 24.1 Å². The van der Waals surface area contributed by atoms with Gasteiger partial charge in [0.15, 0.2) is 0 Å². The Bertz CT molecular complexity index is 795. The Kier molecular flexibility index (Phi) is 6.53. The first-order chi connectivity index (χ1) is 13.9. The number of aliphatic hydroxyl groups is 1. The number of carbonyl (C=O) groups is 3. The molecule has 0 spiro atoms. The lowest BCUT2D eigenvalue weighted by atomic mass is 10.1. The highest BCUT2D eigenvalue weighted by Gasteiger charge is 2.30. The molecule has 1 aromatic rings. The van der Waals surface area contributed by atoms with Crippen LogP contribution in [-0.2, 0) is 14.4 Å². The number of β-amino-alcohol motifs (C(OH)–C–C–N with tert-alkyl or cyclic N) is 1. The second-order valence-corrected chi connectivity index (χ2v) is 7.71. The Morgan fingerprint density at radius 2 is 1.76 bits per heavy atom. The molecule has 2 N–H and O–H groups in total. The minimum atomic E-state index is -0.435. The summed E-state index contributed by atoms with van der Waals surface area (Å²) < 4.78 is 0. The van der Waals surface area contributed by atoms with Crippen molar-refractivity contribution in [1.82, 2.24) is 9.80 Å². The van der Waals surface area contributed by atoms with Crippen LogP contribution in [0.1, 0.15) is 20.3 Å². The van der Waals surface area contributed by atoms with Gasteiger partial charge in [-0.25, -0.2) is 0 Å². The second-order valence-electron chi connectivity index (χ2n) is 7.71. The van der Waals surface area contributed by atoms with Gasteiger partial charge in [0.2, 0.25) is 5.91 Å². The predicted octanol–water partition coefficient (Wildman–Crippen LogP) is 1.04. The smallest absolute Gasteiger partial charge is 0.277 e. The topological polar surface area (TPSA) is 93.2 Å². The quantitative estimate of drug-likeness (QED) is 0.665. The number of anilines is 2. The number of aliphatic hydroxyl groups excluding tert-OH is 1. The van der Waals surface area contributed by atoms with E-state index in [1.807, 2.05) is 29.2 Å². The average Bonchev–Trinajstić information content (AvgIpc) is 2.96. The molecule has 8 nitrogen and oxygen atoms in total. The molecular formula is C21H28N4O4. The number of carbonyl (C=O) groups excluding carboxylic acids is 3. The van der Waals surface area contributed by atoms with Crippen LogP contribution < -0.4 is 10.2 Å². The van der Waals surface area contributed by atoms with E-state index in [9.17, 15) is 14.4 Å². The minimum Gasteiger partial charge on any atom is -0.395 e. The average molecular weight is 400 g/mol. The Hall–Kier alpha value is -2.87. The van der Waals surface area contributed by atoms with E-state index in [1.165, 1.54) is 6.08 Å². The molecule has 0 bridgehead atoms. The molecule has 2 aliphatic rings. The highest BCUT2D eigenvalue weighted by atomic mass is 16.3. The molecule has 1 aromatic carbocycles. The van der Waals surface area contributed by atoms with E-state index in [0.29, 0.717) is 18.0 Å². The summed E-state index contributed by atoms with van der Waals surface area (Å²) in [7, 11) is 0. The number of benzene rings is 1. The monoisotopic (exact) mass is 400 g/mol. The van der Waals surface area contributed by atoms with Gasteiger partial charge in [-0.15, -0.1) is 0 Å². The van der Waals surface area contributed by atoms with Gasteiger partial charge < -0.3 is 20.2 Å². The SMILES string of the molecule is CC(C)CC(=O)N1CCN(c2ccc(NC3=CC(=O)N(CCO)C3=O)cc2)CC1. The van der Waals surface area contributed by atoms with E-state index in [0.717, 1.165) is 36.8 Å². The number of amides is 3. The van der Waals surface area contributed by atoms with Gasteiger partial charge in [-0.2, -0.15) is 0 Å². The molecule has 8 heteroatoms. The number of hydrogen-bond acceptors (Lipinski definition) is 6. The summed E-state index contributed by atoms with van der Waals surface area (Å²) >= 11 is 0. The number of hydrogen-bond donors (Lipinski definition) is 2. The van der Waals surface area contributed by atoms with Gasteiger partial charge in [-0.05, 0) is 30.2 Å². The van der Waals surface area contributed by atoms with Crippen LogP contribution in [0.5, 0.6) is 0 Å². The van der Waals surface area contributed by atoms with E-state index in [-0.39, 0.29) is 24.8 Å². The van der Waals surface area contributed by atoms with Gasteiger partial charge >= 0.3 is 0 Å². The molecule has 2 aliphatic heterocycles. The van der Waals surface area contributed by atoms with Crippen molar-refractivity contribution in [3.05, 3.63) is 36.0 Å². The maximum Gasteiger partial charge on any atom is 0.277 e. The second kappa shape index (κ2) is 9.09. The highest BCUT2D eigenvalue weighted by Crippen LogP contribution is 2.22. The fraction of sp³-hybridized carbons (Fsp3) is 0.476. The molecule has 0 unspecified atom stereocenters. The molecule has 2 heterocycles. The Morgan fingerprint density at radius 3 is 2.34 bits per heavy atom. The highest BCUT2D eigenvalue weighted by molar-refractivity contribution is 6.17. The molecule has 156 valence electrons. The first-order valence-electron chi connectivity index (χ1n) is 9.97. The largest absolute Gasteiger partial charge is 0.395 e. The van der Waals surface area contributed by atoms with Crippen LogP contribution in [0.4, 0.5) is 11.4 Å². The third kappa shape index (κ3) is 4.95. The number of piperazine rings is 1. The van der Waals surface area contributed by atoms with Crippen LogP contribution in [0.3, 0.4) is 0 Å². The van der Waals surface area contributed by atoms with Crippen molar-refractivity contribution in [2.75, 3.05) is 49.5 Å². The third-order valence-electron chi connectivity index (χ3n) is 5.06. The maximum atomic E-state index is 12.2. The molecule has 0 radical (unpaired) electrons. The van der Waals surface area contributed by atoms with Crippen molar-refractivity contribution in [3.63, 3.8) is 0 Å². The molecule has 0 saturated carbocycles. The molecule has 3 amide bonds. The molecule has 0 aromatic heterocycles. The Labute approximate surface area is 170 Å². The predicted molar refractivity (Wildman–Crippen MR) is 110 cm³/mol. The van der Waals surface area contributed by atoms with Crippen molar-refractivity contribution in [2.24, 2.45) is 5.92 Å². The first-order valence-corrected chi connectivity index (χ1v) is 9.97. The fourth-order valence-corrected chi connectivity index (χ4v) is 3.51. The van der Waals surface area contributed by atoms with Gasteiger partial charge in [0, 0.05) is 50.1 Å². The molecular weight excluding hydrogens is 372 g/mol. The van der Waals surface area contributed by atoms with E-state index < -0.39 is 11.8 Å². The van der Waals surface area contributed by atoms with Gasteiger partial charge in [0.05, 0.1) is 13.2 Å². The summed E-state index contributed by atoms with van der Waals surface area (Å²) in [4.78, 5) is 41.4. The van der Waals surface area contributed by atoms with E-state index in [4.69, 9.17) is 5.11 Å². The molecule has 0 atom stereocenters. The van der Waals surface area contributed by atoms with E-state index in [1.54, 1.807) is 0 Å². The Morgan fingerprint density at radius 1 is 1.10 bits per heavy atom. The van der Waals surface area contributed by atoms with Crippen LogP contribution in [0, 0.1) is 5.92 Å². The van der Waals surface area contributed by atoms with Crippen molar-refractivity contribution in [2.45, 2.75) is 20.3 Å². The minimum absolute atomic E-state index is 0.00999. The van der Waals surface area contributed by atoms with Gasteiger partial charge in [0.1, 0.15) is 5.70 Å². The van der Waals surface area contributed by atoms with Crippen LogP contribution in [-0.4, -0.2) is 72.0 Å². The van der Waals surface area contributed by atoms with Gasteiger partial charge in [0.25, 0.3) is 11.8 Å². The third-order valence-corrected chi connectivity index (χ3v) is 5.06. The number of imide groups is 1. The van der Waals surface area contributed by atoms with Gasteiger partial charge in [-0.1, -0.05) is 13.8 Å². The molecule has 1 saturated heterocycles. The van der Waals surface area contributed by atoms with Gasteiger partial charge in [-0.3, -0.25) is 19.3 Å². The summed E-state index contributed by atoms with van der Waals surface area (Å²) in [5.41, 5.74) is 1.96. The van der Waals surface area contributed by atoms with Crippen molar-refractivity contribution < 1.29 is 19.5 Å². The zero-order valence-electron chi connectivity index (χ0n) is 16.9.